The van der Waals surface area contributed by atoms with Gasteiger partial charge < -0.3 is 11.1 Å². The third-order valence-electron chi connectivity index (χ3n) is 3.11. The molecule has 2 aromatic carbocycles. The van der Waals surface area contributed by atoms with E-state index in [9.17, 15) is 4.79 Å². The number of nitrogens with two attached hydrogens (primary N) is 1. The summed E-state index contributed by atoms with van der Waals surface area (Å²) in [6.07, 6.45) is 0. The Labute approximate surface area is 126 Å². The second-order valence-corrected chi connectivity index (χ2v) is 4.97. The van der Waals surface area contributed by atoms with Crippen molar-refractivity contribution in [3.63, 3.8) is 0 Å². The normalized spacial score (nSPS) is 10.5. The summed E-state index contributed by atoms with van der Waals surface area (Å²) in [5.74, 6) is -0.0621. The zero-order chi connectivity index (χ0) is 14.8. The van der Waals surface area contributed by atoms with Crippen molar-refractivity contribution < 1.29 is 4.79 Å². The van der Waals surface area contributed by atoms with Crippen LogP contribution >= 0.6 is 11.6 Å². The molecule has 0 saturated carbocycles. The van der Waals surface area contributed by atoms with Crippen LogP contribution in [0.25, 0.3) is 10.8 Å². The highest BCUT2D eigenvalue weighted by atomic mass is 35.5. The number of benzene rings is 2. The van der Waals surface area contributed by atoms with E-state index in [-0.39, 0.29) is 16.9 Å². The van der Waals surface area contributed by atoms with Crippen molar-refractivity contribution >= 4 is 39.8 Å². The summed E-state index contributed by atoms with van der Waals surface area (Å²) in [4.78, 5) is 16.1. The lowest BCUT2D eigenvalue weighted by Gasteiger charge is -2.09. The number of amides is 1. The number of nitrogens with zero attached hydrogens (tertiary/aromatic N) is 1. The predicted octanol–water partition coefficient (Wildman–Crippen LogP) is 3.72. The lowest BCUT2D eigenvalue weighted by molar-refractivity contribution is 0.102. The number of fused-ring (bicyclic) bond motifs is 1. The van der Waals surface area contributed by atoms with Gasteiger partial charge in [0.05, 0.1) is 0 Å². The number of rotatable bonds is 2. The maximum atomic E-state index is 12.3. The lowest BCUT2D eigenvalue weighted by Crippen LogP contribution is -2.13. The first-order valence-corrected chi connectivity index (χ1v) is 6.73. The monoisotopic (exact) mass is 297 g/mol. The Morgan fingerprint density at radius 1 is 1.10 bits per heavy atom. The van der Waals surface area contributed by atoms with E-state index >= 15 is 0 Å². The molecule has 0 bridgehead atoms. The molecule has 3 N–H and O–H groups in total. The Morgan fingerprint density at radius 2 is 1.86 bits per heavy atom. The Bertz CT molecular complexity index is 807. The van der Waals surface area contributed by atoms with E-state index in [0.717, 1.165) is 16.5 Å². The number of nitrogens with one attached hydrogen (secondary N) is 1. The van der Waals surface area contributed by atoms with Gasteiger partial charge in [-0.3, -0.25) is 4.79 Å². The van der Waals surface area contributed by atoms with Crippen molar-refractivity contribution in [2.45, 2.75) is 0 Å². The van der Waals surface area contributed by atoms with Crippen molar-refractivity contribution in [2.75, 3.05) is 11.1 Å². The van der Waals surface area contributed by atoms with Gasteiger partial charge in [-0.15, -0.1) is 0 Å². The van der Waals surface area contributed by atoms with Crippen LogP contribution < -0.4 is 11.1 Å². The van der Waals surface area contributed by atoms with Crippen LogP contribution in [-0.4, -0.2) is 10.9 Å². The Morgan fingerprint density at radius 3 is 2.67 bits per heavy atom. The topological polar surface area (TPSA) is 68.0 Å². The Kier molecular flexibility index (Phi) is 3.46. The van der Waals surface area contributed by atoms with E-state index in [1.54, 1.807) is 0 Å². The minimum absolute atomic E-state index is 0.193. The highest BCUT2D eigenvalue weighted by Gasteiger charge is 2.10. The SMILES string of the molecule is Nc1cc(C(=O)Nc2cccc3ccccc23)cc(Cl)n1. The van der Waals surface area contributed by atoms with Crippen LogP contribution in [0.5, 0.6) is 0 Å². The largest absolute Gasteiger partial charge is 0.384 e. The zero-order valence-corrected chi connectivity index (χ0v) is 11.8. The first-order chi connectivity index (χ1) is 10.1. The molecule has 0 saturated heterocycles. The maximum Gasteiger partial charge on any atom is 0.255 e. The van der Waals surface area contributed by atoms with Crippen LogP contribution in [0.1, 0.15) is 10.4 Å². The number of pyridine rings is 1. The van der Waals surface area contributed by atoms with Crippen LogP contribution in [0.15, 0.2) is 54.6 Å². The third kappa shape index (κ3) is 2.80. The molecule has 0 unspecified atom stereocenters. The van der Waals surface area contributed by atoms with Crippen molar-refractivity contribution in [2.24, 2.45) is 0 Å². The summed E-state index contributed by atoms with van der Waals surface area (Å²) >= 11 is 5.82. The molecule has 0 spiro atoms. The maximum absolute atomic E-state index is 12.3. The lowest BCUT2D eigenvalue weighted by atomic mass is 10.1. The molecule has 0 aliphatic heterocycles. The molecule has 3 aromatic rings. The van der Waals surface area contributed by atoms with Crippen LogP contribution in [0.3, 0.4) is 0 Å². The molecule has 4 nitrogen and oxygen atoms in total. The molecule has 1 heterocycles. The first kappa shape index (κ1) is 13.4. The number of carbonyl (C=O) groups is 1. The van der Waals surface area contributed by atoms with Crippen LogP contribution in [-0.2, 0) is 0 Å². The minimum Gasteiger partial charge on any atom is -0.384 e. The molecule has 1 amide bonds. The quantitative estimate of drug-likeness (QED) is 0.708. The molecule has 3 rings (SSSR count). The molecular weight excluding hydrogens is 286 g/mol. The number of halogens is 1. The molecule has 21 heavy (non-hydrogen) atoms. The van der Waals surface area contributed by atoms with Gasteiger partial charge >= 0.3 is 0 Å². The third-order valence-corrected chi connectivity index (χ3v) is 3.31. The number of carbonyl (C=O) groups excluding carboxylic acids is 1. The molecule has 0 aliphatic rings. The predicted molar refractivity (Wildman–Crippen MR) is 85.6 cm³/mol. The van der Waals surface area contributed by atoms with Crippen LogP contribution in [0, 0.1) is 0 Å². The summed E-state index contributed by atoms with van der Waals surface area (Å²) in [5, 5.41) is 5.10. The highest BCUT2D eigenvalue weighted by molar-refractivity contribution is 6.30. The number of anilines is 2. The van der Waals surface area contributed by atoms with Crippen molar-refractivity contribution in [1.29, 1.82) is 0 Å². The number of nitrogen functional groups attached to an aromatic ring is 1. The van der Waals surface area contributed by atoms with Crippen molar-refractivity contribution in [3.05, 3.63) is 65.3 Å². The molecule has 104 valence electrons. The fraction of sp³-hybridized carbons (Fsp3) is 0. The van der Waals surface area contributed by atoms with E-state index in [1.807, 2.05) is 42.5 Å². The number of hydrogen-bond donors (Lipinski definition) is 2. The summed E-state index contributed by atoms with van der Waals surface area (Å²) in [6, 6.07) is 16.6. The van der Waals surface area contributed by atoms with Gasteiger partial charge in [0.2, 0.25) is 0 Å². The zero-order valence-electron chi connectivity index (χ0n) is 11.0. The molecule has 0 fully saturated rings. The average molecular weight is 298 g/mol. The first-order valence-electron chi connectivity index (χ1n) is 6.36. The number of aromatic nitrogens is 1. The summed E-state index contributed by atoms with van der Waals surface area (Å²) in [6.45, 7) is 0. The fourth-order valence-corrected chi connectivity index (χ4v) is 2.39. The van der Waals surface area contributed by atoms with Gasteiger partial charge in [0.15, 0.2) is 0 Å². The van der Waals surface area contributed by atoms with Gasteiger partial charge in [0, 0.05) is 16.6 Å². The standard InChI is InChI=1S/C16H12ClN3O/c17-14-8-11(9-15(18)20-14)16(21)19-13-7-3-5-10-4-1-2-6-12(10)13/h1-9H,(H2,18,20)(H,19,21). The molecule has 0 atom stereocenters. The highest BCUT2D eigenvalue weighted by Crippen LogP contribution is 2.24. The van der Waals surface area contributed by atoms with E-state index in [2.05, 4.69) is 10.3 Å². The summed E-state index contributed by atoms with van der Waals surface area (Å²) < 4.78 is 0. The molecular formula is C16H12ClN3O. The molecule has 0 radical (unpaired) electrons. The van der Waals surface area contributed by atoms with Crippen LogP contribution in [0.4, 0.5) is 11.5 Å². The Hall–Kier alpha value is -2.59. The van der Waals surface area contributed by atoms with E-state index < -0.39 is 0 Å². The smallest absolute Gasteiger partial charge is 0.255 e. The van der Waals surface area contributed by atoms with Crippen molar-refractivity contribution in [3.8, 4) is 0 Å². The molecule has 5 heteroatoms. The average Bonchev–Trinajstić information content (AvgIpc) is 2.46. The Balaban J connectivity index is 1.96. The van der Waals surface area contributed by atoms with Gasteiger partial charge in [0.25, 0.3) is 5.91 Å². The second kappa shape index (κ2) is 5.42. The summed E-state index contributed by atoms with van der Waals surface area (Å²) in [5.41, 5.74) is 6.72. The number of hydrogen-bond acceptors (Lipinski definition) is 3. The van der Waals surface area contributed by atoms with Gasteiger partial charge in [-0.25, -0.2) is 4.98 Å². The second-order valence-electron chi connectivity index (χ2n) is 4.58. The van der Waals surface area contributed by atoms with E-state index in [4.69, 9.17) is 17.3 Å². The fourth-order valence-electron chi connectivity index (χ4n) is 2.18. The van der Waals surface area contributed by atoms with Gasteiger partial charge in [-0.05, 0) is 23.6 Å². The van der Waals surface area contributed by atoms with Crippen molar-refractivity contribution in [1.82, 2.24) is 4.98 Å². The van der Waals surface area contributed by atoms with Gasteiger partial charge in [0.1, 0.15) is 11.0 Å². The van der Waals surface area contributed by atoms with E-state index in [0.29, 0.717) is 5.56 Å². The minimum atomic E-state index is -0.276. The summed E-state index contributed by atoms with van der Waals surface area (Å²) in [7, 11) is 0. The van der Waals surface area contributed by atoms with Gasteiger partial charge in [-0.2, -0.15) is 0 Å². The molecule has 0 aliphatic carbocycles. The van der Waals surface area contributed by atoms with E-state index in [1.165, 1.54) is 12.1 Å². The molecule has 1 aromatic heterocycles. The van der Waals surface area contributed by atoms with Crippen LogP contribution in [0.2, 0.25) is 5.15 Å². The van der Waals surface area contributed by atoms with Gasteiger partial charge in [-0.1, -0.05) is 48.0 Å².